The number of phenols is 1. The minimum absolute atomic E-state index is 0.0293. The number of nitrogens with zero attached hydrogens (tertiary/aromatic N) is 2. The quantitative estimate of drug-likeness (QED) is 0.763. The Morgan fingerprint density at radius 2 is 2.09 bits per heavy atom. The van der Waals surface area contributed by atoms with Crippen LogP contribution < -0.4 is 10.9 Å². The zero-order valence-corrected chi connectivity index (χ0v) is 12.3. The predicted octanol–water partition coefficient (Wildman–Crippen LogP) is 1.43. The first-order valence-corrected chi connectivity index (χ1v) is 7.54. The lowest BCUT2D eigenvalue weighted by Crippen LogP contribution is -2.32. The Kier molecular flexibility index (Phi) is 3.88. The third-order valence-electron chi connectivity index (χ3n) is 3.22. The van der Waals surface area contributed by atoms with Crippen LogP contribution in [0.15, 0.2) is 46.8 Å². The second-order valence-corrected chi connectivity index (χ2v) is 5.58. The molecule has 0 fully saturated rings. The van der Waals surface area contributed by atoms with Crippen molar-refractivity contribution in [1.82, 2.24) is 14.7 Å². The molecule has 22 heavy (non-hydrogen) atoms. The smallest absolute Gasteiger partial charge is 0.271 e. The van der Waals surface area contributed by atoms with Crippen molar-refractivity contribution in [2.45, 2.75) is 6.42 Å². The molecule has 0 radical (unpaired) electrons. The third kappa shape index (κ3) is 2.84. The Morgan fingerprint density at radius 1 is 1.32 bits per heavy atom. The first kappa shape index (κ1) is 14.3. The summed E-state index contributed by atoms with van der Waals surface area (Å²) in [6.45, 7) is 0.398. The summed E-state index contributed by atoms with van der Waals surface area (Å²) in [5.74, 6) is -0.229. The van der Waals surface area contributed by atoms with Gasteiger partial charge in [0, 0.05) is 24.3 Å². The molecule has 0 aliphatic carbocycles. The van der Waals surface area contributed by atoms with Crippen molar-refractivity contribution in [2.24, 2.45) is 0 Å². The highest BCUT2D eigenvalue weighted by atomic mass is 32.1. The van der Waals surface area contributed by atoms with Gasteiger partial charge in [0.05, 0.1) is 0 Å². The second kappa shape index (κ2) is 5.98. The molecule has 2 N–H and O–H groups in total. The fourth-order valence-corrected chi connectivity index (χ4v) is 2.73. The molecule has 1 amide bonds. The SMILES string of the molecule is O=C(NCCc1ccc(O)cc1)c1cnc2sccn2c1=O. The van der Waals surface area contributed by atoms with Crippen LogP contribution in [-0.2, 0) is 6.42 Å². The molecule has 0 saturated carbocycles. The van der Waals surface area contributed by atoms with Gasteiger partial charge < -0.3 is 10.4 Å². The third-order valence-corrected chi connectivity index (χ3v) is 3.99. The average Bonchev–Trinajstić information content (AvgIpc) is 2.99. The van der Waals surface area contributed by atoms with Crippen molar-refractivity contribution in [1.29, 1.82) is 0 Å². The van der Waals surface area contributed by atoms with Crippen LogP contribution in [0, 0.1) is 0 Å². The molecule has 112 valence electrons. The van der Waals surface area contributed by atoms with Crippen LogP contribution in [0.4, 0.5) is 0 Å². The Bertz CT molecular complexity index is 868. The van der Waals surface area contributed by atoms with Crippen molar-refractivity contribution >= 4 is 22.2 Å². The lowest BCUT2D eigenvalue weighted by molar-refractivity contribution is 0.0952. The molecule has 0 unspecified atom stereocenters. The van der Waals surface area contributed by atoms with Crippen LogP contribution in [0.3, 0.4) is 0 Å². The maximum atomic E-state index is 12.1. The van der Waals surface area contributed by atoms with E-state index >= 15 is 0 Å². The molecular formula is C15H13N3O3S. The molecule has 0 aliphatic rings. The normalized spacial score (nSPS) is 10.7. The summed E-state index contributed by atoms with van der Waals surface area (Å²) in [5, 5.41) is 13.7. The highest BCUT2D eigenvalue weighted by molar-refractivity contribution is 7.15. The minimum Gasteiger partial charge on any atom is -0.508 e. The zero-order chi connectivity index (χ0) is 15.5. The van der Waals surface area contributed by atoms with Crippen LogP contribution in [0.2, 0.25) is 0 Å². The molecule has 2 aromatic heterocycles. The standard InChI is InChI=1S/C15H13N3O3S/c19-11-3-1-10(2-4-11)5-6-16-13(20)12-9-17-15-18(14(12)21)7-8-22-15/h1-4,7-9,19H,5-6H2,(H,16,20). The number of aromatic nitrogens is 2. The summed E-state index contributed by atoms with van der Waals surface area (Å²) in [5.41, 5.74) is 0.649. The van der Waals surface area contributed by atoms with E-state index < -0.39 is 5.91 Å². The minimum atomic E-state index is -0.433. The summed E-state index contributed by atoms with van der Waals surface area (Å²) < 4.78 is 1.36. The molecule has 7 heteroatoms. The number of aromatic hydroxyl groups is 1. The van der Waals surface area contributed by atoms with Gasteiger partial charge in [-0.25, -0.2) is 4.98 Å². The maximum Gasteiger partial charge on any atom is 0.271 e. The van der Waals surface area contributed by atoms with Gasteiger partial charge in [-0.2, -0.15) is 0 Å². The van der Waals surface area contributed by atoms with E-state index in [1.54, 1.807) is 35.8 Å². The second-order valence-electron chi connectivity index (χ2n) is 4.70. The average molecular weight is 315 g/mol. The lowest BCUT2D eigenvalue weighted by atomic mass is 10.1. The molecule has 0 aliphatic heterocycles. The van der Waals surface area contributed by atoms with Crippen molar-refractivity contribution in [3.8, 4) is 5.75 Å². The number of fused-ring (bicyclic) bond motifs is 1. The van der Waals surface area contributed by atoms with Gasteiger partial charge in [0.25, 0.3) is 11.5 Å². The highest BCUT2D eigenvalue weighted by Gasteiger charge is 2.13. The largest absolute Gasteiger partial charge is 0.508 e. The number of carbonyl (C=O) groups is 1. The van der Waals surface area contributed by atoms with Crippen molar-refractivity contribution < 1.29 is 9.90 Å². The number of benzene rings is 1. The lowest BCUT2D eigenvalue weighted by Gasteiger charge is -2.05. The van der Waals surface area contributed by atoms with E-state index in [1.165, 1.54) is 21.9 Å². The van der Waals surface area contributed by atoms with Gasteiger partial charge in [-0.1, -0.05) is 12.1 Å². The number of carbonyl (C=O) groups excluding carboxylic acids is 1. The summed E-state index contributed by atoms with van der Waals surface area (Å²) in [7, 11) is 0. The number of phenolic OH excluding ortho intramolecular Hbond substituents is 1. The molecule has 3 rings (SSSR count). The van der Waals surface area contributed by atoms with E-state index in [1.807, 2.05) is 0 Å². The molecule has 0 spiro atoms. The fourth-order valence-electron chi connectivity index (χ4n) is 2.06. The Balaban J connectivity index is 1.67. The Labute approximate surface area is 129 Å². The van der Waals surface area contributed by atoms with Gasteiger partial charge in [0.1, 0.15) is 11.3 Å². The van der Waals surface area contributed by atoms with Gasteiger partial charge in [-0.15, -0.1) is 11.3 Å². The Morgan fingerprint density at radius 3 is 2.86 bits per heavy atom. The first-order chi connectivity index (χ1) is 10.6. The van der Waals surface area contributed by atoms with Crippen molar-refractivity contribution in [2.75, 3.05) is 6.54 Å². The predicted molar refractivity (Wildman–Crippen MR) is 83.5 cm³/mol. The fraction of sp³-hybridized carbons (Fsp3) is 0.133. The molecule has 0 atom stereocenters. The molecular weight excluding hydrogens is 302 g/mol. The highest BCUT2D eigenvalue weighted by Crippen LogP contribution is 2.09. The number of amides is 1. The van der Waals surface area contributed by atoms with Gasteiger partial charge >= 0.3 is 0 Å². The number of nitrogens with one attached hydrogen (secondary N) is 1. The molecule has 6 nitrogen and oxygen atoms in total. The van der Waals surface area contributed by atoms with Gasteiger partial charge in [-0.3, -0.25) is 14.0 Å². The van der Waals surface area contributed by atoms with E-state index in [-0.39, 0.29) is 16.9 Å². The molecule has 0 saturated heterocycles. The topological polar surface area (TPSA) is 83.7 Å². The number of thiazole rings is 1. The Hall–Kier alpha value is -2.67. The van der Waals surface area contributed by atoms with Crippen LogP contribution in [0.5, 0.6) is 5.75 Å². The van der Waals surface area contributed by atoms with Gasteiger partial charge in [0.15, 0.2) is 4.96 Å². The van der Waals surface area contributed by atoms with E-state index in [4.69, 9.17) is 0 Å². The van der Waals surface area contributed by atoms with Gasteiger partial charge in [0.2, 0.25) is 0 Å². The molecule has 2 heterocycles. The van der Waals surface area contributed by atoms with E-state index in [9.17, 15) is 14.7 Å². The molecule has 3 aromatic rings. The van der Waals surface area contributed by atoms with E-state index in [0.717, 1.165) is 5.56 Å². The van der Waals surface area contributed by atoms with E-state index in [2.05, 4.69) is 10.3 Å². The zero-order valence-electron chi connectivity index (χ0n) is 11.5. The summed E-state index contributed by atoms with van der Waals surface area (Å²) in [4.78, 5) is 28.9. The van der Waals surface area contributed by atoms with Crippen molar-refractivity contribution in [3.63, 3.8) is 0 Å². The van der Waals surface area contributed by atoms with Gasteiger partial charge in [-0.05, 0) is 24.1 Å². The summed E-state index contributed by atoms with van der Waals surface area (Å²) in [6.07, 6.45) is 3.52. The maximum absolute atomic E-state index is 12.1. The number of hydrogen-bond acceptors (Lipinski definition) is 5. The first-order valence-electron chi connectivity index (χ1n) is 6.66. The monoisotopic (exact) mass is 315 g/mol. The van der Waals surface area contributed by atoms with Crippen LogP contribution >= 0.6 is 11.3 Å². The van der Waals surface area contributed by atoms with E-state index in [0.29, 0.717) is 17.9 Å². The van der Waals surface area contributed by atoms with Crippen molar-refractivity contribution in [3.05, 3.63) is 63.5 Å². The van der Waals surface area contributed by atoms with Crippen LogP contribution in [0.25, 0.3) is 4.96 Å². The molecule has 1 aromatic carbocycles. The summed E-state index contributed by atoms with van der Waals surface area (Å²) >= 11 is 1.34. The van der Waals surface area contributed by atoms with Crippen LogP contribution in [-0.4, -0.2) is 26.9 Å². The number of rotatable bonds is 4. The number of hydrogen-bond donors (Lipinski definition) is 2. The molecule has 0 bridgehead atoms. The van der Waals surface area contributed by atoms with Crippen LogP contribution in [0.1, 0.15) is 15.9 Å². The summed E-state index contributed by atoms with van der Waals surface area (Å²) in [6, 6.07) is 6.76.